The van der Waals surface area contributed by atoms with Gasteiger partial charge in [-0.15, -0.1) is 0 Å². The second-order valence-corrected chi connectivity index (χ2v) is 5.97. The molecule has 1 aliphatic heterocycles. The summed E-state index contributed by atoms with van der Waals surface area (Å²) in [5, 5.41) is 5.60. The summed E-state index contributed by atoms with van der Waals surface area (Å²) in [6.07, 6.45) is 0.866. The number of aromatic amines is 1. The maximum atomic E-state index is 12.5. The van der Waals surface area contributed by atoms with E-state index >= 15 is 0 Å². The number of urea groups is 1. The van der Waals surface area contributed by atoms with Gasteiger partial charge in [-0.25, -0.2) is 9.59 Å². The van der Waals surface area contributed by atoms with Gasteiger partial charge in [0.2, 0.25) is 0 Å². The highest BCUT2D eigenvalue weighted by molar-refractivity contribution is 6.06. The van der Waals surface area contributed by atoms with Gasteiger partial charge in [0.1, 0.15) is 0 Å². The predicted molar refractivity (Wildman–Crippen MR) is 96.6 cm³/mol. The lowest BCUT2D eigenvalue weighted by molar-refractivity contribution is 0.102. The zero-order chi connectivity index (χ0) is 18.1. The van der Waals surface area contributed by atoms with Crippen LogP contribution in [0.15, 0.2) is 51.7 Å². The van der Waals surface area contributed by atoms with Gasteiger partial charge >= 0.3 is 11.8 Å². The fourth-order valence-corrected chi connectivity index (χ4v) is 2.92. The van der Waals surface area contributed by atoms with Gasteiger partial charge < -0.3 is 15.1 Å². The second-order valence-electron chi connectivity index (χ2n) is 5.97. The molecule has 4 rings (SSSR count). The summed E-state index contributed by atoms with van der Waals surface area (Å²) >= 11 is 0. The molecule has 1 aliphatic rings. The van der Waals surface area contributed by atoms with Gasteiger partial charge in [0, 0.05) is 30.0 Å². The second kappa shape index (κ2) is 6.40. The number of nitrogens with zero attached hydrogens (tertiary/aromatic N) is 1. The third-order valence-corrected chi connectivity index (χ3v) is 4.18. The Morgan fingerprint density at radius 2 is 2.04 bits per heavy atom. The molecule has 3 aromatic rings. The molecule has 132 valence electrons. The summed E-state index contributed by atoms with van der Waals surface area (Å²) in [6.45, 7) is 1.30. The van der Waals surface area contributed by atoms with E-state index in [-0.39, 0.29) is 11.9 Å². The monoisotopic (exact) mass is 352 g/mol. The van der Waals surface area contributed by atoms with E-state index in [0.29, 0.717) is 35.4 Å². The van der Waals surface area contributed by atoms with E-state index in [9.17, 15) is 14.4 Å². The Kier molecular flexibility index (Phi) is 3.92. The molecule has 0 unspecified atom stereocenters. The first-order valence-corrected chi connectivity index (χ1v) is 8.20. The SMILES string of the molecule is O=C(Nc1cccc(N2CCCNC2=O)c1)c1ccc2oc(=O)[nH]c2c1. The van der Waals surface area contributed by atoms with Gasteiger partial charge in [0.15, 0.2) is 5.58 Å². The molecule has 0 radical (unpaired) electrons. The molecule has 3 amide bonds. The van der Waals surface area contributed by atoms with E-state index in [1.54, 1.807) is 41.3 Å². The number of oxazole rings is 1. The first-order valence-electron chi connectivity index (χ1n) is 8.20. The van der Waals surface area contributed by atoms with Crippen molar-refractivity contribution < 1.29 is 14.0 Å². The van der Waals surface area contributed by atoms with Gasteiger partial charge in [-0.1, -0.05) is 6.07 Å². The lowest BCUT2D eigenvalue weighted by Gasteiger charge is -2.27. The summed E-state index contributed by atoms with van der Waals surface area (Å²) in [5.74, 6) is -0.890. The standard InChI is InChI=1S/C18H16N4O4/c23-16(11-5-6-15-14(9-11)21-18(25)26-15)20-12-3-1-4-13(10-12)22-8-2-7-19-17(22)24/h1,3-6,9-10H,2,7-8H2,(H,19,24)(H,20,23)(H,21,25). The van der Waals surface area contributed by atoms with E-state index < -0.39 is 5.76 Å². The van der Waals surface area contributed by atoms with Gasteiger partial charge in [-0.05, 0) is 42.8 Å². The topological polar surface area (TPSA) is 107 Å². The molecular formula is C18H16N4O4. The zero-order valence-corrected chi connectivity index (χ0v) is 13.7. The molecule has 26 heavy (non-hydrogen) atoms. The molecule has 1 saturated heterocycles. The molecule has 0 saturated carbocycles. The van der Waals surface area contributed by atoms with Crippen LogP contribution >= 0.6 is 0 Å². The Hall–Kier alpha value is -3.55. The van der Waals surface area contributed by atoms with Crippen LogP contribution in [0.25, 0.3) is 11.1 Å². The van der Waals surface area contributed by atoms with Crippen molar-refractivity contribution in [3.05, 3.63) is 58.6 Å². The van der Waals surface area contributed by atoms with Crippen LogP contribution in [-0.2, 0) is 0 Å². The maximum Gasteiger partial charge on any atom is 0.417 e. The number of nitrogens with one attached hydrogen (secondary N) is 3. The van der Waals surface area contributed by atoms with Gasteiger partial charge in [0.05, 0.1) is 5.52 Å². The number of fused-ring (bicyclic) bond motifs is 1. The van der Waals surface area contributed by atoms with Gasteiger partial charge in [-0.2, -0.15) is 0 Å². The number of hydrogen-bond donors (Lipinski definition) is 3. The zero-order valence-electron chi connectivity index (χ0n) is 13.7. The third-order valence-electron chi connectivity index (χ3n) is 4.18. The number of anilines is 2. The fourth-order valence-electron chi connectivity index (χ4n) is 2.92. The highest BCUT2D eigenvalue weighted by Crippen LogP contribution is 2.22. The Morgan fingerprint density at radius 1 is 1.15 bits per heavy atom. The summed E-state index contributed by atoms with van der Waals surface area (Å²) in [5.41, 5.74) is 2.53. The predicted octanol–water partition coefficient (Wildman–Crippen LogP) is 2.29. The average molecular weight is 352 g/mol. The largest absolute Gasteiger partial charge is 0.417 e. The Labute approximate surface area is 147 Å². The van der Waals surface area contributed by atoms with Crippen molar-refractivity contribution in [1.29, 1.82) is 0 Å². The minimum Gasteiger partial charge on any atom is -0.408 e. The molecule has 1 aromatic heterocycles. The van der Waals surface area contributed by atoms with Crippen LogP contribution in [0.2, 0.25) is 0 Å². The number of hydrogen-bond acceptors (Lipinski definition) is 4. The summed E-state index contributed by atoms with van der Waals surface area (Å²) < 4.78 is 4.93. The van der Waals surface area contributed by atoms with Crippen molar-refractivity contribution in [1.82, 2.24) is 10.3 Å². The van der Waals surface area contributed by atoms with Gasteiger partial charge in [-0.3, -0.25) is 14.7 Å². The maximum absolute atomic E-state index is 12.5. The average Bonchev–Trinajstić information content (AvgIpc) is 3.01. The van der Waals surface area contributed by atoms with Crippen molar-refractivity contribution in [2.24, 2.45) is 0 Å². The van der Waals surface area contributed by atoms with E-state index in [1.807, 2.05) is 6.07 Å². The minimum atomic E-state index is -0.565. The first-order chi connectivity index (χ1) is 12.6. The summed E-state index contributed by atoms with van der Waals surface area (Å²) in [6, 6.07) is 11.7. The van der Waals surface area contributed by atoms with Crippen LogP contribution in [0.1, 0.15) is 16.8 Å². The van der Waals surface area contributed by atoms with E-state index in [0.717, 1.165) is 12.1 Å². The molecule has 8 nitrogen and oxygen atoms in total. The molecule has 0 spiro atoms. The van der Waals surface area contributed by atoms with Crippen LogP contribution in [0, 0.1) is 0 Å². The van der Waals surface area contributed by atoms with E-state index in [1.165, 1.54) is 0 Å². The number of aromatic nitrogens is 1. The molecule has 0 atom stereocenters. The van der Waals surface area contributed by atoms with Crippen LogP contribution in [0.4, 0.5) is 16.2 Å². The minimum absolute atomic E-state index is 0.144. The third kappa shape index (κ3) is 3.04. The molecular weight excluding hydrogens is 336 g/mol. The lowest BCUT2D eigenvalue weighted by Crippen LogP contribution is -2.46. The number of carbonyl (C=O) groups is 2. The smallest absolute Gasteiger partial charge is 0.408 e. The number of H-pyrrole nitrogens is 1. The van der Waals surface area contributed by atoms with E-state index in [4.69, 9.17) is 4.42 Å². The van der Waals surface area contributed by atoms with Crippen molar-refractivity contribution in [3.8, 4) is 0 Å². The van der Waals surface area contributed by atoms with Crippen LogP contribution in [0.5, 0.6) is 0 Å². The molecule has 0 aliphatic carbocycles. The number of carbonyl (C=O) groups excluding carboxylic acids is 2. The highest BCUT2D eigenvalue weighted by Gasteiger charge is 2.19. The Morgan fingerprint density at radius 3 is 2.88 bits per heavy atom. The Balaban J connectivity index is 1.56. The summed E-state index contributed by atoms with van der Waals surface area (Å²) in [4.78, 5) is 39.8. The van der Waals surface area contributed by atoms with Crippen molar-refractivity contribution in [2.45, 2.75) is 6.42 Å². The van der Waals surface area contributed by atoms with Crippen LogP contribution in [0.3, 0.4) is 0 Å². The normalized spacial score (nSPS) is 14.3. The van der Waals surface area contributed by atoms with Crippen molar-refractivity contribution in [2.75, 3.05) is 23.3 Å². The van der Waals surface area contributed by atoms with Gasteiger partial charge in [0.25, 0.3) is 5.91 Å². The first kappa shape index (κ1) is 15.9. The van der Waals surface area contributed by atoms with Crippen molar-refractivity contribution in [3.63, 3.8) is 0 Å². The molecule has 8 heteroatoms. The quantitative estimate of drug-likeness (QED) is 0.672. The summed E-state index contributed by atoms with van der Waals surface area (Å²) in [7, 11) is 0. The molecule has 2 aromatic carbocycles. The molecule has 2 heterocycles. The Bertz CT molecular complexity index is 1050. The van der Waals surface area contributed by atoms with Crippen molar-refractivity contribution >= 4 is 34.4 Å². The molecule has 0 bridgehead atoms. The number of rotatable bonds is 3. The fraction of sp³-hybridized carbons (Fsp3) is 0.167. The molecule has 1 fully saturated rings. The number of benzene rings is 2. The van der Waals surface area contributed by atoms with Crippen LogP contribution < -0.4 is 21.3 Å². The molecule has 3 N–H and O–H groups in total. The highest BCUT2D eigenvalue weighted by atomic mass is 16.4. The lowest BCUT2D eigenvalue weighted by atomic mass is 10.2. The van der Waals surface area contributed by atoms with E-state index in [2.05, 4.69) is 15.6 Å². The number of amides is 3. The van der Waals surface area contributed by atoms with Crippen LogP contribution in [-0.4, -0.2) is 30.0 Å².